The van der Waals surface area contributed by atoms with E-state index < -0.39 is 0 Å². The van der Waals surface area contributed by atoms with E-state index in [0.29, 0.717) is 5.56 Å². The van der Waals surface area contributed by atoms with Crippen LogP contribution in [0.15, 0.2) is 18.2 Å². The van der Waals surface area contributed by atoms with Crippen molar-refractivity contribution in [3.05, 3.63) is 50.7 Å². The average molecular weight is 292 g/mol. The number of hydrogen-bond acceptors (Lipinski definition) is 3. The summed E-state index contributed by atoms with van der Waals surface area (Å²) in [4.78, 5) is 5.81. The van der Waals surface area contributed by atoms with Crippen molar-refractivity contribution in [2.75, 3.05) is 0 Å². The molecule has 1 aromatic heterocycles. The van der Waals surface area contributed by atoms with E-state index in [1.807, 2.05) is 19.1 Å². The number of nitrogens with zero attached hydrogens (tertiary/aromatic N) is 1. The van der Waals surface area contributed by atoms with Crippen LogP contribution in [-0.2, 0) is 0 Å². The molecule has 0 saturated heterocycles. The van der Waals surface area contributed by atoms with E-state index in [1.165, 1.54) is 4.88 Å². The molecule has 0 aliphatic rings. The Kier molecular flexibility index (Phi) is 4.55. The van der Waals surface area contributed by atoms with Gasteiger partial charge in [-0.1, -0.05) is 12.1 Å². The normalized spacial score (nSPS) is 14.3. The minimum absolute atomic E-state index is 0.0847. The topological polar surface area (TPSA) is 24.9 Å². The van der Waals surface area contributed by atoms with E-state index in [-0.39, 0.29) is 17.9 Å². The van der Waals surface area contributed by atoms with Gasteiger partial charge in [0.1, 0.15) is 5.82 Å². The zero-order valence-electron chi connectivity index (χ0n) is 12.6. The molecule has 0 bridgehead atoms. The fourth-order valence-electron chi connectivity index (χ4n) is 2.38. The molecule has 1 N–H and O–H groups in total. The number of aromatic nitrogens is 1. The number of thiazole rings is 1. The Balaban J connectivity index is 2.12. The van der Waals surface area contributed by atoms with E-state index in [4.69, 9.17) is 0 Å². The molecule has 20 heavy (non-hydrogen) atoms. The molecule has 4 heteroatoms. The molecule has 1 aromatic carbocycles. The Morgan fingerprint density at radius 2 is 1.85 bits per heavy atom. The highest BCUT2D eigenvalue weighted by Gasteiger charge is 2.16. The van der Waals surface area contributed by atoms with Gasteiger partial charge in [0.05, 0.1) is 10.7 Å². The second kappa shape index (κ2) is 6.02. The third-order valence-corrected chi connectivity index (χ3v) is 4.45. The zero-order valence-corrected chi connectivity index (χ0v) is 13.4. The number of aryl methyl sites for hydroxylation is 3. The summed E-state index contributed by atoms with van der Waals surface area (Å²) >= 11 is 1.71. The Bertz CT molecular complexity index is 607. The quantitative estimate of drug-likeness (QED) is 0.889. The van der Waals surface area contributed by atoms with Gasteiger partial charge in [-0.05, 0) is 51.8 Å². The number of rotatable bonds is 4. The maximum Gasteiger partial charge on any atom is 0.126 e. The van der Waals surface area contributed by atoms with Crippen molar-refractivity contribution >= 4 is 11.3 Å². The first-order valence-corrected chi connectivity index (χ1v) is 7.66. The number of nitrogens with one attached hydrogen (secondary N) is 1. The van der Waals surface area contributed by atoms with Gasteiger partial charge < -0.3 is 5.32 Å². The molecule has 2 aromatic rings. The van der Waals surface area contributed by atoms with Crippen molar-refractivity contribution in [3.8, 4) is 0 Å². The lowest BCUT2D eigenvalue weighted by molar-refractivity contribution is 0.483. The first-order valence-electron chi connectivity index (χ1n) is 6.84. The first-order chi connectivity index (χ1) is 9.38. The lowest BCUT2D eigenvalue weighted by atomic mass is 10.0. The SMILES string of the molecule is Cc1nc(C(C)NC(C)c2ccc(C)c(F)c2)c(C)s1. The van der Waals surface area contributed by atoms with Gasteiger partial charge in [-0.3, -0.25) is 0 Å². The molecule has 2 unspecified atom stereocenters. The minimum Gasteiger partial charge on any atom is -0.302 e. The maximum absolute atomic E-state index is 13.6. The highest BCUT2D eigenvalue weighted by atomic mass is 32.1. The molecule has 108 valence electrons. The molecular weight excluding hydrogens is 271 g/mol. The summed E-state index contributed by atoms with van der Waals surface area (Å²) in [7, 11) is 0. The molecule has 0 fully saturated rings. The molecule has 2 atom stereocenters. The number of hydrogen-bond donors (Lipinski definition) is 1. The zero-order chi connectivity index (χ0) is 14.9. The van der Waals surface area contributed by atoms with Crippen molar-refractivity contribution in [3.63, 3.8) is 0 Å². The van der Waals surface area contributed by atoms with Crippen LogP contribution in [0.4, 0.5) is 4.39 Å². The van der Waals surface area contributed by atoms with Crippen LogP contribution in [0.25, 0.3) is 0 Å². The molecule has 0 radical (unpaired) electrons. The van der Waals surface area contributed by atoms with Gasteiger partial charge in [0.2, 0.25) is 0 Å². The smallest absolute Gasteiger partial charge is 0.126 e. The summed E-state index contributed by atoms with van der Waals surface area (Å²) in [5.74, 6) is -0.149. The van der Waals surface area contributed by atoms with E-state index in [1.54, 1.807) is 24.3 Å². The van der Waals surface area contributed by atoms with Crippen molar-refractivity contribution in [1.29, 1.82) is 0 Å². The third kappa shape index (κ3) is 3.25. The first kappa shape index (κ1) is 15.1. The van der Waals surface area contributed by atoms with Gasteiger partial charge in [0.15, 0.2) is 0 Å². The second-order valence-electron chi connectivity index (χ2n) is 5.29. The molecular formula is C16H21FN2S. The molecule has 2 rings (SSSR count). The van der Waals surface area contributed by atoms with Crippen LogP contribution in [0.2, 0.25) is 0 Å². The lowest BCUT2D eigenvalue weighted by Crippen LogP contribution is -2.23. The predicted molar refractivity (Wildman–Crippen MR) is 82.7 cm³/mol. The fourth-order valence-corrected chi connectivity index (χ4v) is 3.29. The molecule has 0 amide bonds. The van der Waals surface area contributed by atoms with Crippen LogP contribution >= 0.6 is 11.3 Å². The fraction of sp³-hybridized carbons (Fsp3) is 0.438. The molecule has 1 heterocycles. The van der Waals surface area contributed by atoms with Crippen molar-refractivity contribution in [1.82, 2.24) is 10.3 Å². The minimum atomic E-state index is -0.149. The van der Waals surface area contributed by atoms with Crippen molar-refractivity contribution in [2.24, 2.45) is 0 Å². The van der Waals surface area contributed by atoms with Crippen LogP contribution in [0.5, 0.6) is 0 Å². The lowest BCUT2D eigenvalue weighted by Gasteiger charge is -2.20. The molecule has 0 aliphatic carbocycles. The van der Waals surface area contributed by atoms with Crippen LogP contribution in [0, 0.1) is 26.6 Å². The number of halogens is 1. The monoisotopic (exact) mass is 292 g/mol. The van der Waals surface area contributed by atoms with E-state index in [0.717, 1.165) is 16.3 Å². The van der Waals surface area contributed by atoms with Gasteiger partial charge in [0, 0.05) is 17.0 Å². The largest absolute Gasteiger partial charge is 0.302 e. The molecule has 0 aliphatic heterocycles. The van der Waals surface area contributed by atoms with E-state index in [9.17, 15) is 4.39 Å². The van der Waals surface area contributed by atoms with Crippen molar-refractivity contribution < 1.29 is 4.39 Å². The van der Waals surface area contributed by atoms with E-state index in [2.05, 4.69) is 31.1 Å². The maximum atomic E-state index is 13.6. The summed E-state index contributed by atoms with van der Waals surface area (Å²) in [6.45, 7) is 10.0. The highest BCUT2D eigenvalue weighted by molar-refractivity contribution is 7.11. The third-order valence-electron chi connectivity index (χ3n) is 3.55. The Labute approximate surface area is 124 Å². The molecule has 0 saturated carbocycles. The van der Waals surface area contributed by atoms with E-state index >= 15 is 0 Å². The van der Waals surface area contributed by atoms with Gasteiger partial charge in [-0.15, -0.1) is 11.3 Å². The Morgan fingerprint density at radius 3 is 2.40 bits per heavy atom. The van der Waals surface area contributed by atoms with Gasteiger partial charge in [-0.25, -0.2) is 9.37 Å². The second-order valence-corrected chi connectivity index (χ2v) is 6.70. The van der Waals surface area contributed by atoms with Crippen LogP contribution in [-0.4, -0.2) is 4.98 Å². The summed E-state index contributed by atoms with van der Waals surface area (Å²) in [6.07, 6.45) is 0. The van der Waals surface area contributed by atoms with Gasteiger partial charge in [-0.2, -0.15) is 0 Å². The Hall–Kier alpha value is -1.26. The van der Waals surface area contributed by atoms with Gasteiger partial charge in [0.25, 0.3) is 0 Å². The standard InChI is InChI=1S/C16H21FN2S/c1-9-6-7-14(8-15(9)17)10(2)18-11(3)16-12(4)20-13(5)19-16/h6-8,10-11,18H,1-5H3. The molecule has 2 nitrogen and oxygen atoms in total. The summed E-state index contributed by atoms with van der Waals surface area (Å²) in [6, 6.07) is 5.65. The summed E-state index contributed by atoms with van der Waals surface area (Å²) in [5, 5.41) is 4.57. The summed E-state index contributed by atoms with van der Waals surface area (Å²) < 4.78 is 13.6. The van der Waals surface area contributed by atoms with Crippen LogP contribution in [0.3, 0.4) is 0 Å². The number of benzene rings is 1. The van der Waals surface area contributed by atoms with Crippen molar-refractivity contribution in [2.45, 2.75) is 46.7 Å². The van der Waals surface area contributed by atoms with Crippen LogP contribution in [0.1, 0.15) is 52.6 Å². The average Bonchev–Trinajstić information content (AvgIpc) is 2.71. The Morgan fingerprint density at radius 1 is 1.15 bits per heavy atom. The van der Waals surface area contributed by atoms with Crippen LogP contribution < -0.4 is 5.32 Å². The molecule has 0 spiro atoms. The highest BCUT2D eigenvalue weighted by Crippen LogP contribution is 2.25. The van der Waals surface area contributed by atoms with Gasteiger partial charge >= 0.3 is 0 Å². The summed E-state index contributed by atoms with van der Waals surface area (Å²) in [5.41, 5.74) is 2.73. The predicted octanol–water partition coefficient (Wildman–Crippen LogP) is 4.62.